The van der Waals surface area contributed by atoms with Crippen LogP contribution in [0.4, 0.5) is 0 Å². The first-order valence-corrected chi connectivity index (χ1v) is 6.29. The van der Waals surface area contributed by atoms with Crippen LogP contribution in [0.2, 0.25) is 0 Å². The Morgan fingerprint density at radius 1 is 1.18 bits per heavy atom. The fraction of sp³-hybridized carbons (Fsp3) is 0.600. The average Bonchev–Trinajstić information content (AvgIpc) is 2.29. The summed E-state index contributed by atoms with van der Waals surface area (Å²) in [6, 6.07) is 4.03. The van der Waals surface area contributed by atoms with Gasteiger partial charge in [-0.05, 0) is 43.7 Å². The van der Waals surface area contributed by atoms with Gasteiger partial charge in [0.25, 0.3) is 0 Å². The van der Waals surface area contributed by atoms with Crippen LogP contribution in [0.25, 0.3) is 0 Å². The molecule has 0 amide bonds. The van der Waals surface area contributed by atoms with Gasteiger partial charge in [0.05, 0.1) is 13.2 Å². The minimum Gasteiger partial charge on any atom is -0.496 e. The lowest BCUT2D eigenvalue weighted by molar-refractivity contribution is 0.155. The molecule has 0 bridgehead atoms. The number of aliphatic hydroxyl groups is 1. The zero-order valence-electron chi connectivity index (χ0n) is 11.6. The van der Waals surface area contributed by atoms with E-state index in [1.165, 1.54) is 5.56 Å². The van der Waals surface area contributed by atoms with Crippen LogP contribution in [-0.4, -0.2) is 12.2 Å². The van der Waals surface area contributed by atoms with Gasteiger partial charge in [-0.15, -0.1) is 0 Å². The highest BCUT2D eigenvalue weighted by Gasteiger charge is 2.16. The van der Waals surface area contributed by atoms with E-state index in [0.29, 0.717) is 5.92 Å². The largest absolute Gasteiger partial charge is 0.496 e. The van der Waals surface area contributed by atoms with Crippen molar-refractivity contribution in [2.45, 2.75) is 46.6 Å². The lowest BCUT2D eigenvalue weighted by Gasteiger charge is -2.18. The first-order chi connectivity index (χ1) is 7.97. The van der Waals surface area contributed by atoms with Crippen LogP contribution in [0.3, 0.4) is 0 Å². The lowest BCUT2D eigenvalue weighted by atomic mass is 9.96. The van der Waals surface area contributed by atoms with Gasteiger partial charge in [-0.1, -0.05) is 26.0 Å². The molecule has 0 heterocycles. The van der Waals surface area contributed by atoms with E-state index in [9.17, 15) is 5.11 Å². The molecule has 0 saturated carbocycles. The third-order valence-electron chi connectivity index (χ3n) is 3.29. The predicted octanol–water partition coefficient (Wildman–Crippen LogP) is 3.78. The van der Waals surface area contributed by atoms with Gasteiger partial charge in [-0.25, -0.2) is 0 Å². The van der Waals surface area contributed by atoms with E-state index in [0.717, 1.165) is 29.7 Å². The minimum atomic E-state index is -0.424. The summed E-state index contributed by atoms with van der Waals surface area (Å²) in [4.78, 5) is 0. The van der Waals surface area contributed by atoms with Gasteiger partial charge in [-0.3, -0.25) is 0 Å². The highest BCUT2D eigenvalue weighted by molar-refractivity contribution is 5.46. The second kappa shape index (κ2) is 6.06. The number of rotatable bonds is 5. The second-order valence-corrected chi connectivity index (χ2v) is 5.12. The van der Waals surface area contributed by atoms with Crippen molar-refractivity contribution in [1.82, 2.24) is 0 Å². The standard InChI is InChI=1S/C15H24O2/c1-10(2)6-9-14(16)13-8-7-11(3)12(4)15(13)17-5/h7-8,10,14,16H,6,9H2,1-5H3. The van der Waals surface area contributed by atoms with Crippen molar-refractivity contribution >= 4 is 0 Å². The van der Waals surface area contributed by atoms with E-state index in [-0.39, 0.29) is 0 Å². The highest BCUT2D eigenvalue weighted by Crippen LogP contribution is 2.33. The van der Waals surface area contributed by atoms with Crippen LogP contribution < -0.4 is 4.74 Å². The second-order valence-electron chi connectivity index (χ2n) is 5.12. The van der Waals surface area contributed by atoms with Crippen LogP contribution in [0.5, 0.6) is 5.75 Å². The summed E-state index contributed by atoms with van der Waals surface area (Å²) < 4.78 is 5.42. The van der Waals surface area contributed by atoms with Crippen LogP contribution in [-0.2, 0) is 0 Å². The average molecular weight is 236 g/mol. The molecule has 2 nitrogen and oxygen atoms in total. The summed E-state index contributed by atoms with van der Waals surface area (Å²) in [7, 11) is 1.67. The summed E-state index contributed by atoms with van der Waals surface area (Å²) in [6.07, 6.45) is 1.39. The van der Waals surface area contributed by atoms with Gasteiger partial charge < -0.3 is 9.84 Å². The van der Waals surface area contributed by atoms with E-state index < -0.39 is 6.10 Å². The summed E-state index contributed by atoms with van der Waals surface area (Å²) in [5, 5.41) is 10.2. The Balaban J connectivity index is 2.93. The van der Waals surface area contributed by atoms with E-state index >= 15 is 0 Å². The monoisotopic (exact) mass is 236 g/mol. The summed E-state index contributed by atoms with van der Waals surface area (Å²) in [6.45, 7) is 8.43. The summed E-state index contributed by atoms with van der Waals surface area (Å²) in [5.74, 6) is 1.45. The fourth-order valence-corrected chi connectivity index (χ4v) is 1.99. The quantitative estimate of drug-likeness (QED) is 0.843. The van der Waals surface area contributed by atoms with Crippen LogP contribution in [0.1, 0.15) is 49.5 Å². The molecule has 1 N–H and O–H groups in total. The molecule has 0 aromatic heterocycles. The van der Waals surface area contributed by atoms with Crippen molar-refractivity contribution < 1.29 is 9.84 Å². The maximum atomic E-state index is 10.2. The first-order valence-electron chi connectivity index (χ1n) is 6.29. The van der Waals surface area contributed by atoms with E-state index in [1.54, 1.807) is 7.11 Å². The Kier molecular flexibility index (Phi) is 5.01. The SMILES string of the molecule is COc1c(C(O)CCC(C)C)ccc(C)c1C. The fourth-order valence-electron chi connectivity index (χ4n) is 1.99. The molecule has 1 aromatic rings. The van der Waals surface area contributed by atoms with Gasteiger partial charge in [0.1, 0.15) is 5.75 Å². The van der Waals surface area contributed by atoms with Crippen molar-refractivity contribution in [3.63, 3.8) is 0 Å². The molecule has 0 spiro atoms. The molecular formula is C15H24O2. The number of ether oxygens (including phenoxy) is 1. The Morgan fingerprint density at radius 2 is 1.82 bits per heavy atom. The number of aliphatic hydroxyl groups excluding tert-OH is 1. The molecule has 96 valence electrons. The van der Waals surface area contributed by atoms with Gasteiger partial charge in [0, 0.05) is 5.56 Å². The van der Waals surface area contributed by atoms with Crippen molar-refractivity contribution in [3.05, 3.63) is 28.8 Å². The van der Waals surface area contributed by atoms with E-state index in [1.807, 2.05) is 19.1 Å². The molecule has 0 saturated heterocycles. The number of benzene rings is 1. The number of hydrogen-bond acceptors (Lipinski definition) is 2. The van der Waals surface area contributed by atoms with E-state index in [2.05, 4.69) is 20.8 Å². The molecule has 1 rings (SSSR count). The molecule has 0 radical (unpaired) electrons. The Bertz CT molecular complexity index is 369. The van der Waals surface area contributed by atoms with Crippen LogP contribution >= 0.6 is 0 Å². The number of hydrogen-bond donors (Lipinski definition) is 1. The Hall–Kier alpha value is -1.02. The van der Waals surface area contributed by atoms with Crippen molar-refractivity contribution in [2.75, 3.05) is 7.11 Å². The molecule has 0 aliphatic carbocycles. The summed E-state index contributed by atoms with van der Waals surface area (Å²) in [5.41, 5.74) is 3.23. The van der Waals surface area contributed by atoms with Crippen molar-refractivity contribution in [2.24, 2.45) is 5.92 Å². The van der Waals surface area contributed by atoms with Gasteiger partial charge >= 0.3 is 0 Å². The Labute approximate surface area is 105 Å². The normalized spacial score (nSPS) is 12.9. The molecule has 1 atom stereocenters. The zero-order chi connectivity index (χ0) is 13.0. The van der Waals surface area contributed by atoms with E-state index in [4.69, 9.17) is 4.74 Å². The number of aryl methyl sites for hydroxylation is 1. The van der Waals surface area contributed by atoms with Gasteiger partial charge in [-0.2, -0.15) is 0 Å². The molecule has 2 heteroatoms. The third kappa shape index (κ3) is 3.47. The topological polar surface area (TPSA) is 29.5 Å². The van der Waals surface area contributed by atoms with Gasteiger partial charge in [0.2, 0.25) is 0 Å². The Morgan fingerprint density at radius 3 is 2.35 bits per heavy atom. The minimum absolute atomic E-state index is 0.424. The molecule has 0 aliphatic heterocycles. The predicted molar refractivity (Wildman–Crippen MR) is 71.5 cm³/mol. The molecule has 0 aliphatic rings. The smallest absolute Gasteiger partial charge is 0.127 e. The lowest BCUT2D eigenvalue weighted by Crippen LogP contribution is -2.04. The zero-order valence-corrected chi connectivity index (χ0v) is 11.6. The maximum Gasteiger partial charge on any atom is 0.127 e. The summed E-state index contributed by atoms with van der Waals surface area (Å²) >= 11 is 0. The first kappa shape index (κ1) is 14.0. The van der Waals surface area contributed by atoms with Crippen molar-refractivity contribution in [3.8, 4) is 5.75 Å². The van der Waals surface area contributed by atoms with Crippen LogP contribution in [0, 0.1) is 19.8 Å². The molecular weight excluding hydrogens is 212 g/mol. The van der Waals surface area contributed by atoms with Crippen LogP contribution in [0.15, 0.2) is 12.1 Å². The van der Waals surface area contributed by atoms with Crippen molar-refractivity contribution in [1.29, 1.82) is 0 Å². The maximum absolute atomic E-state index is 10.2. The highest BCUT2D eigenvalue weighted by atomic mass is 16.5. The molecule has 0 fully saturated rings. The number of methoxy groups -OCH3 is 1. The molecule has 1 unspecified atom stereocenters. The third-order valence-corrected chi connectivity index (χ3v) is 3.29. The molecule has 1 aromatic carbocycles. The molecule has 17 heavy (non-hydrogen) atoms. The van der Waals surface area contributed by atoms with Gasteiger partial charge in [0.15, 0.2) is 0 Å².